The van der Waals surface area contributed by atoms with Gasteiger partial charge in [-0.2, -0.15) is 0 Å². The highest BCUT2D eigenvalue weighted by molar-refractivity contribution is 5.25. The van der Waals surface area contributed by atoms with Crippen LogP contribution in [0, 0.1) is 6.92 Å². The highest BCUT2D eigenvalue weighted by Gasteiger charge is 2.25. The van der Waals surface area contributed by atoms with E-state index in [1.165, 1.54) is 11.1 Å². The van der Waals surface area contributed by atoms with Crippen LogP contribution in [0.3, 0.4) is 0 Å². The van der Waals surface area contributed by atoms with Crippen molar-refractivity contribution in [3.63, 3.8) is 0 Å². The van der Waals surface area contributed by atoms with Crippen LogP contribution in [-0.4, -0.2) is 42.3 Å². The Bertz CT molecular complexity index is 843. The van der Waals surface area contributed by atoms with Gasteiger partial charge in [-0.05, 0) is 44.0 Å². The van der Waals surface area contributed by atoms with Crippen molar-refractivity contribution in [3.05, 3.63) is 65.8 Å². The Morgan fingerprint density at radius 1 is 1.08 bits per heavy atom. The lowest BCUT2D eigenvalue weighted by Crippen LogP contribution is -2.33. The molecule has 4 rings (SSSR count). The molecule has 0 radical (unpaired) electrons. The Hall–Kier alpha value is -2.47. The number of aryl methyl sites for hydroxylation is 1. The maximum atomic E-state index is 4.50. The van der Waals surface area contributed by atoms with Crippen LogP contribution in [0.1, 0.15) is 41.5 Å². The summed E-state index contributed by atoms with van der Waals surface area (Å²) in [4.78, 5) is 6.65. The van der Waals surface area contributed by atoms with E-state index in [9.17, 15) is 0 Å². The standard InChI is InChI=1S/C20H26N6/c1-16-5-3-4-6-18(16)13-25-10-7-17(8-11-25)20-23-22-19(24(20)2)14-26-12-9-21-15-26/h3-6,9,12,15,17H,7-8,10-11,13-14H2,1-2H3. The van der Waals surface area contributed by atoms with Crippen molar-refractivity contribution in [2.45, 2.75) is 38.8 Å². The van der Waals surface area contributed by atoms with E-state index >= 15 is 0 Å². The minimum absolute atomic E-state index is 0.497. The molecule has 0 saturated carbocycles. The molecule has 3 heterocycles. The molecule has 0 amide bonds. The molecule has 0 spiro atoms. The lowest BCUT2D eigenvalue weighted by molar-refractivity contribution is 0.200. The van der Waals surface area contributed by atoms with E-state index in [-0.39, 0.29) is 0 Å². The molecule has 0 bridgehead atoms. The van der Waals surface area contributed by atoms with Crippen molar-refractivity contribution in [2.24, 2.45) is 7.05 Å². The van der Waals surface area contributed by atoms with E-state index < -0.39 is 0 Å². The maximum Gasteiger partial charge on any atom is 0.152 e. The monoisotopic (exact) mass is 350 g/mol. The maximum absolute atomic E-state index is 4.50. The van der Waals surface area contributed by atoms with Crippen molar-refractivity contribution in [2.75, 3.05) is 13.1 Å². The SMILES string of the molecule is Cc1ccccc1CN1CCC(c2nnc(Cn3ccnc3)n2C)CC1. The zero-order valence-electron chi connectivity index (χ0n) is 15.5. The van der Waals surface area contributed by atoms with Gasteiger partial charge in [0.05, 0.1) is 12.9 Å². The summed E-state index contributed by atoms with van der Waals surface area (Å²) in [6.07, 6.45) is 7.85. The molecule has 1 fully saturated rings. The van der Waals surface area contributed by atoms with Crippen molar-refractivity contribution < 1.29 is 0 Å². The number of imidazole rings is 1. The first-order valence-electron chi connectivity index (χ1n) is 9.31. The fraction of sp³-hybridized carbons (Fsp3) is 0.450. The third-order valence-corrected chi connectivity index (χ3v) is 5.49. The third kappa shape index (κ3) is 3.55. The lowest BCUT2D eigenvalue weighted by atomic mass is 9.95. The zero-order chi connectivity index (χ0) is 17.9. The average molecular weight is 350 g/mol. The third-order valence-electron chi connectivity index (χ3n) is 5.49. The molecule has 2 aromatic heterocycles. The van der Waals surface area contributed by atoms with Crippen LogP contribution in [0.25, 0.3) is 0 Å². The molecule has 136 valence electrons. The molecule has 1 aliphatic rings. The predicted molar refractivity (Wildman–Crippen MR) is 101 cm³/mol. The predicted octanol–water partition coefficient (Wildman–Crippen LogP) is 2.75. The Balaban J connectivity index is 1.37. The van der Waals surface area contributed by atoms with E-state index in [0.717, 1.165) is 50.7 Å². The minimum Gasteiger partial charge on any atom is -0.330 e. The van der Waals surface area contributed by atoms with Crippen molar-refractivity contribution >= 4 is 0 Å². The first kappa shape index (κ1) is 17.0. The molecular formula is C20H26N6. The van der Waals surface area contributed by atoms with Gasteiger partial charge >= 0.3 is 0 Å². The number of rotatable bonds is 5. The van der Waals surface area contributed by atoms with E-state index in [4.69, 9.17) is 0 Å². The van der Waals surface area contributed by atoms with Crippen LogP contribution in [-0.2, 0) is 20.1 Å². The molecule has 0 N–H and O–H groups in total. The van der Waals surface area contributed by atoms with Crippen LogP contribution in [0.5, 0.6) is 0 Å². The molecule has 1 aliphatic heterocycles. The van der Waals surface area contributed by atoms with E-state index in [2.05, 4.69) is 62.9 Å². The van der Waals surface area contributed by atoms with Crippen LogP contribution in [0.15, 0.2) is 43.0 Å². The average Bonchev–Trinajstić information content (AvgIpc) is 3.29. The Kier molecular flexibility index (Phi) is 4.84. The minimum atomic E-state index is 0.497. The fourth-order valence-electron chi connectivity index (χ4n) is 3.79. The summed E-state index contributed by atoms with van der Waals surface area (Å²) < 4.78 is 4.19. The van der Waals surface area contributed by atoms with Gasteiger partial charge in [0.2, 0.25) is 0 Å². The second-order valence-corrected chi connectivity index (χ2v) is 7.25. The number of aromatic nitrogens is 5. The summed E-state index contributed by atoms with van der Waals surface area (Å²) in [7, 11) is 2.08. The highest BCUT2D eigenvalue weighted by atomic mass is 15.3. The van der Waals surface area contributed by atoms with Crippen molar-refractivity contribution in [1.82, 2.24) is 29.2 Å². The Labute approximate surface area is 154 Å². The molecule has 1 saturated heterocycles. The van der Waals surface area contributed by atoms with Crippen LogP contribution < -0.4 is 0 Å². The summed E-state index contributed by atoms with van der Waals surface area (Å²) in [5.74, 6) is 2.60. The van der Waals surface area contributed by atoms with Gasteiger partial charge in [0.1, 0.15) is 5.82 Å². The van der Waals surface area contributed by atoms with E-state index in [1.54, 1.807) is 6.20 Å². The molecule has 3 aromatic rings. The van der Waals surface area contributed by atoms with Gasteiger partial charge in [0.25, 0.3) is 0 Å². The number of likely N-dealkylation sites (tertiary alicyclic amines) is 1. The van der Waals surface area contributed by atoms with Gasteiger partial charge in [-0.3, -0.25) is 4.90 Å². The van der Waals surface area contributed by atoms with E-state index in [1.807, 2.05) is 17.1 Å². The number of hydrogen-bond acceptors (Lipinski definition) is 4. The van der Waals surface area contributed by atoms with Gasteiger partial charge in [-0.1, -0.05) is 24.3 Å². The second-order valence-electron chi connectivity index (χ2n) is 7.25. The lowest BCUT2D eigenvalue weighted by Gasteiger charge is -2.31. The van der Waals surface area contributed by atoms with Gasteiger partial charge < -0.3 is 9.13 Å². The fourth-order valence-corrected chi connectivity index (χ4v) is 3.79. The van der Waals surface area contributed by atoms with Gasteiger partial charge in [0.15, 0.2) is 5.82 Å². The largest absolute Gasteiger partial charge is 0.330 e. The van der Waals surface area contributed by atoms with Gasteiger partial charge in [-0.25, -0.2) is 4.98 Å². The molecule has 0 atom stereocenters. The van der Waals surface area contributed by atoms with Crippen LogP contribution in [0.2, 0.25) is 0 Å². The number of nitrogens with zero attached hydrogens (tertiary/aromatic N) is 6. The zero-order valence-corrected chi connectivity index (χ0v) is 15.5. The Morgan fingerprint density at radius 2 is 1.88 bits per heavy atom. The molecule has 26 heavy (non-hydrogen) atoms. The first-order chi connectivity index (χ1) is 12.7. The molecule has 6 nitrogen and oxygen atoms in total. The summed E-state index contributed by atoms with van der Waals surface area (Å²) in [6, 6.07) is 8.69. The molecule has 6 heteroatoms. The topological polar surface area (TPSA) is 51.8 Å². The number of benzene rings is 1. The Morgan fingerprint density at radius 3 is 2.62 bits per heavy atom. The molecule has 0 aliphatic carbocycles. The van der Waals surface area contributed by atoms with Gasteiger partial charge in [-0.15, -0.1) is 10.2 Å². The number of piperidine rings is 1. The van der Waals surface area contributed by atoms with Gasteiger partial charge in [0, 0.05) is 31.9 Å². The quantitative estimate of drug-likeness (QED) is 0.710. The second kappa shape index (κ2) is 7.41. The molecular weight excluding hydrogens is 324 g/mol. The summed E-state index contributed by atoms with van der Waals surface area (Å²) in [5, 5.41) is 8.92. The first-order valence-corrected chi connectivity index (χ1v) is 9.31. The van der Waals surface area contributed by atoms with Crippen LogP contribution in [0.4, 0.5) is 0 Å². The molecule has 0 unspecified atom stereocenters. The normalized spacial score (nSPS) is 16.2. The summed E-state index contributed by atoms with van der Waals surface area (Å²) in [5.41, 5.74) is 2.82. The summed E-state index contributed by atoms with van der Waals surface area (Å²) in [6.45, 7) is 6.19. The molecule has 1 aromatic carbocycles. The van der Waals surface area contributed by atoms with Crippen LogP contribution >= 0.6 is 0 Å². The number of hydrogen-bond donors (Lipinski definition) is 0. The highest BCUT2D eigenvalue weighted by Crippen LogP contribution is 2.28. The summed E-state index contributed by atoms with van der Waals surface area (Å²) >= 11 is 0. The van der Waals surface area contributed by atoms with Crippen molar-refractivity contribution in [3.8, 4) is 0 Å². The van der Waals surface area contributed by atoms with Crippen molar-refractivity contribution in [1.29, 1.82) is 0 Å². The van der Waals surface area contributed by atoms with E-state index in [0.29, 0.717) is 5.92 Å². The smallest absolute Gasteiger partial charge is 0.152 e.